The summed E-state index contributed by atoms with van der Waals surface area (Å²) in [4.78, 5) is 6.20. The van der Waals surface area contributed by atoms with Crippen LogP contribution in [0.25, 0.3) is 0 Å². The van der Waals surface area contributed by atoms with Crippen molar-refractivity contribution >= 4 is 16.5 Å². The number of thiazole rings is 1. The summed E-state index contributed by atoms with van der Waals surface area (Å²) < 4.78 is 0. The Bertz CT molecular complexity index is 725. The van der Waals surface area contributed by atoms with E-state index in [2.05, 4.69) is 19.9 Å². The van der Waals surface area contributed by atoms with Crippen LogP contribution in [0.1, 0.15) is 62.9 Å². The van der Waals surface area contributed by atoms with Crippen molar-refractivity contribution in [2.24, 2.45) is 23.2 Å². The van der Waals surface area contributed by atoms with E-state index in [9.17, 15) is 5.11 Å². The van der Waals surface area contributed by atoms with Crippen molar-refractivity contribution < 1.29 is 5.11 Å². The van der Waals surface area contributed by atoms with Gasteiger partial charge in [0.25, 0.3) is 0 Å². The summed E-state index contributed by atoms with van der Waals surface area (Å²) in [5, 5.41) is 10.9. The number of nitrogens with zero attached hydrogens (tertiary/aromatic N) is 1. The highest BCUT2D eigenvalue weighted by molar-refractivity contribution is 7.15. The highest BCUT2D eigenvalue weighted by Crippen LogP contribution is 2.64. The molecule has 130 valence electrons. The largest absolute Gasteiger partial charge is 0.393 e. The number of aromatic nitrogens is 1. The Hall–Kier alpha value is -0.870. The predicted octanol–water partition coefficient (Wildman–Crippen LogP) is 4.06. The number of aliphatic hydroxyl groups excluding tert-OH is 1. The van der Waals surface area contributed by atoms with Gasteiger partial charge >= 0.3 is 0 Å². The van der Waals surface area contributed by atoms with Crippen molar-refractivity contribution in [3.8, 4) is 0 Å². The maximum absolute atomic E-state index is 10.1. The Morgan fingerprint density at radius 2 is 1.96 bits per heavy atom. The van der Waals surface area contributed by atoms with Crippen molar-refractivity contribution in [2.45, 2.75) is 70.3 Å². The Balaban J connectivity index is 1.52. The third-order valence-electron chi connectivity index (χ3n) is 8.13. The van der Waals surface area contributed by atoms with Gasteiger partial charge in [-0.25, -0.2) is 4.98 Å². The number of anilines is 1. The molecule has 0 amide bonds. The topological polar surface area (TPSA) is 59.1 Å². The maximum atomic E-state index is 10.1. The summed E-state index contributed by atoms with van der Waals surface area (Å²) in [5.41, 5.74) is 9.44. The molecule has 0 spiro atoms. The SMILES string of the molecule is CC12CCC(O)CC1=CCC1C2CCC2(C)c3nc(N)sc3CC12. The average Bonchev–Trinajstić information content (AvgIpc) is 3.03. The zero-order chi connectivity index (χ0) is 16.7. The molecule has 0 bridgehead atoms. The van der Waals surface area contributed by atoms with Gasteiger partial charge in [-0.2, -0.15) is 0 Å². The van der Waals surface area contributed by atoms with Crippen LogP contribution in [0.4, 0.5) is 5.13 Å². The molecule has 0 saturated heterocycles. The first-order valence-corrected chi connectivity index (χ1v) is 10.4. The van der Waals surface area contributed by atoms with Crippen LogP contribution in [0.3, 0.4) is 0 Å². The van der Waals surface area contributed by atoms with Crippen LogP contribution >= 0.6 is 11.3 Å². The van der Waals surface area contributed by atoms with E-state index in [-0.39, 0.29) is 11.5 Å². The van der Waals surface area contributed by atoms with Crippen molar-refractivity contribution in [3.05, 3.63) is 22.2 Å². The summed E-state index contributed by atoms with van der Waals surface area (Å²) in [5.74, 6) is 2.29. The molecule has 6 atom stereocenters. The molecule has 1 heterocycles. The molecule has 5 rings (SSSR count). The number of allylic oxidation sites excluding steroid dienone is 1. The minimum atomic E-state index is -0.111. The minimum absolute atomic E-state index is 0.111. The number of hydrogen-bond donors (Lipinski definition) is 2. The monoisotopic (exact) mass is 344 g/mol. The van der Waals surface area contributed by atoms with Crippen LogP contribution in [0, 0.1) is 23.2 Å². The van der Waals surface area contributed by atoms with Gasteiger partial charge in [0.15, 0.2) is 5.13 Å². The van der Waals surface area contributed by atoms with Crippen LogP contribution in [0.5, 0.6) is 0 Å². The van der Waals surface area contributed by atoms with Gasteiger partial charge < -0.3 is 10.8 Å². The standard InChI is InChI=1S/C20H28N2OS/c1-19-7-5-12(23)9-11(19)3-4-13-14(19)6-8-20(2)15(13)10-16-17(20)22-18(21)24-16/h3,12-15,23H,4-10H2,1-2H3,(H2,21,22). The fourth-order valence-corrected chi connectivity index (χ4v) is 7.81. The molecule has 1 aromatic rings. The lowest BCUT2D eigenvalue weighted by Crippen LogP contribution is -2.51. The molecule has 4 aliphatic carbocycles. The third kappa shape index (κ3) is 1.84. The van der Waals surface area contributed by atoms with Crippen LogP contribution < -0.4 is 5.73 Å². The second-order valence-corrected chi connectivity index (χ2v) is 10.3. The number of rotatable bonds is 0. The molecule has 0 radical (unpaired) electrons. The van der Waals surface area contributed by atoms with E-state index in [4.69, 9.17) is 10.7 Å². The van der Waals surface area contributed by atoms with Crippen LogP contribution in [0.2, 0.25) is 0 Å². The van der Waals surface area contributed by atoms with E-state index in [1.54, 1.807) is 16.9 Å². The summed E-state index contributed by atoms with van der Waals surface area (Å²) in [7, 11) is 0. The molecule has 24 heavy (non-hydrogen) atoms. The molecule has 2 saturated carbocycles. The van der Waals surface area contributed by atoms with Crippen molar-refractivity contribution in [2.75, 3.05) is 5.73 Å². The molecule has 2 fully saturated rings. The van der Waals surface area contributed by atoms with E-state index >= 15 is 0 Å². The first-order valence-electron chi connectivity index (χ1n) is 9.55. The van der Waals surface area contributed by atoms with Gasteiger partial charge in [-0.1, -0.05) is 25.5 Å². The highest BCUT2D eigenvalue weighted by atomic mass is 32.1. The number of hydrogen-bond acceptors (Lipinski definition) is 4. The lowest BCUT2D eigenvalue weighted by atomic mass is 9.48. The van der Waals surface area contributed by atoms with Gasteiger partial charge in [-0.15, -0.1) is 11.3 Å². The zero-order valence-corrected chi connectivity index (χ0v) is 15.5. The number of nitrogens with two attached hydrogens (primary N) is 1. The molecular weight excluding hydrogens is 316 g/mol. The molecule has 4 heteroatoms. The number of fused-ring (bicyclic) bond motifs is 7. The summed E-state index contributed by atoms with van der Waals surface area (Å²) in [6.45, 7) is 4.94. The van der Waals surface area contributed by atoms with Gasteiger partial charge in [0.2, 0.25) is 0 Å². The fourth-order valence-electron chi connectivity index (χ4n) is 6.79. The van der Waals surface area contributed by atoms with E-state index in [1.807, 2.05) is 0 Å². The third-order valence-corrected chi connectivity index (χ3v) is 9.03. The van der Waals surface area contributed by atoms with Gasteiger partial charge in [-0.05, 0) is 68.1 Å². The Kier molecular flexibility index (Phi) is 3.11. The summed E-state index contributed by atoms with van der Waals surface area (Å²) in [6.07, 6.45) is 10.4. The zero-order valence-electron chi connectivity index (χ0n) is 14.7. The molecule has 3 nitrogen and oxygen atoms in total. The van der Waals surface area contributed by atoms with Gasteiger partial charge in [0.1, 0.15) is 0 Å². The van der Waals surface area contributed by atoms with Crippen molar-refractivity contribution in [3.63, 3.8) is 0 Å². The molecule has 3 N–H and O–H groups in total. The average molecular weight is 345 g/mol. The Morgan fingerprint density at radius 1 is 1.17 bits per heavy atom. The molecule has 0 aliphatic heterocycles. The minimum Gasteiger partial charge on any atom is -0.393 e. The van der Waals surface area contributed by atoms with Crippen LogP contribution in [0.15, 0.2) is 11.6 Å². The van der Waals surface area contributed by atoms with Crippen molar-refractivity contribution in [1.82, 2.24) is 4.98 Å². The number of nitrogen functional groups attached to an aromatic ring is 1. The lowest BCUT2D eigenvalue weighted by Gasteiger charge is -2.57. The van der Waals surface area contributed by atoms with E-state index in [0.717, 1.165) is 42.1 Å². The summed E-state index contributed by atoms with van der Waals surface area (Å²) >= 11 is 1.72. The second-order valence-electron chi connectivity index (χ2n) is 9.14. The summed E-state index contributed by atoms with van der Waals surface area (Å²) in [6, 6.07) is 0. The molecule has 4 aliphatic rings. The normalized spacial score (nSPS) is 46.5. The first kappa shape index (κ1) is 15.4. The van der Waals surface area contributed by atoms with Crippen molar-refractivity contribution in [1.29, 1.82) is 0 Å². The quantitative estimate of drug-likeness (QED) is 0.698. The van der Waals surface area contributed by atoms with Gasteiger partial charge in [-0.3, -0.25) is 0 Å². The van der Waals surface area contributed by atoms with E-state index in [0.29, 0.717) is 5.41 Å². The molecule has 1 aromatic heterocycles. The fraction of sp³-hybridized carbons (Fsp3) is 0.750. The van der Waals surface area contributed by atoms with Crippen LogP contribution in [-0.4, -0.2) is 16.2 Å². The van der Waals surface area contributed by atoms with Crippen LogP contribution in [-0.2, 0) is 11.8 Å². The highest BCUT2D eigenvalue weighted by Gasteiger charge is 2.58. The lowest BCUT2D eigenvalue weighted by molar-refractivity contribution is -0.0169. The first-order chi connectivity index (χ1) is 11.4. The smallest absolute Gasteiger partial charge is 0.180 e. The van der Waals surface area contributed by atoms with Gasteiger partial charge in [0, 0.05) is 10.3 Å². The number of aliphatic hydroxyl groups is 1. The molecule has 0 aromatic carbocycles. The Labute approximate surface area is 148 Å². The Morgan fingerprint density at radius 3 is 2.79 bits per heavy atom. The maximum Gasteiger partial charge on any atom is 0.180 e. The molecule has 6 unspecified atom stereocenters. The second kappa shape index (κ2) is 4.85. The predicted molar refractivity (Wildman–Crippen MR) is 98.0 cm³/mol. The van der Waals surface area contributed by atoms with E-state index < -0.39 is 0 Å². The molecular formula is C20H28N2OS. The van der Waals surface area contributed by atoms with Gasteiger partial charge in [0.05, 0.1) is 11.8 Å². The van der Waals surface area contributed by atoms with E-state index in [1.165, 1.54) is 36.3 Å².